The molecular formula is C11H7Cl2FN2O. The third kappa shape index (κ3) is 3.05. The highest BCUT2D eigenvalue weighted by Gasteiger charge is 2.06. The van der Waals surface area contributed by atoms with Crippen molar-refractivity contribution < 1.29 is 9.13 Å². The van der Waals surface area contributed by atoms with Crippen molar-refractivity contribution in [2.24, 2.45) is 0 Å². The Morgan fingerprint density at radius 2 is 2.12 bits per heavy atom. The first-order valence-electron chi connectivity index (χ1n) is 4.69. The molecule has 2 rings (SSSR count). The zero-order chi connectivity index (χ0) is 12.3. The van der Waals surface area contributed by atoms with Gasteiger partial charge in [-0.1, -0.05) is 11.6 Å². The molecule has 0 saturated carbocycles. The molecular weight excluding hydrogens is 266 g/mol. The summed E-state index contributed by atoms with van der Waals surface area (Å²) in [7, 11) is 0. The minimum Gasteiger partial charge on any atom is -0.436 e. The maximum Gasteiger partial charge on any atom is 0.238 e. The van der Waals surface area contributed by atoms with Crippen molar-refractivity contribution in [2.75, 3.05) is 0 Å². The molecule has 17 heavy (non-hydrogen) atoms. The minimum atomic E-state index is -0.428. The first kappa shape index (κ1) is 12.1. The average Bonchev–Trinajstić information content (AvgIpc) is 2.33. The molecule has 0 saturated heterocycles. The van der Waals surface area contributed by atoms with Gasteiger partial charge in [0.05, 0.1) is 22.8 Å². The maximum atomic E-state index is 12.8. The standard InChI is InChI=1S/C11H7Cl2FN2O/c12-4-8-5-15-6-11(16-8)17-10-2-1-7(14)3-9(10)13/h1-3,5-6H,4H2. The van der Waals surface area contributed by atoms with Crippen molar-refractivity contribution in [2.45, 2.75) is 5.88 Å². The molecule has 1 aromatic carbocycles. The smallest absolute Gasteiger partial charge is 0.238 e. The number of hydrogen-bond donors (Lipinski definition) is 0. The zero-order valence-electron chi connectivity index (χ0n) is 8.53. The first-order chi connectivity index (χ1) is 8.19. The third-order valence-electron chi connectivity index (χ3n) is 1.91. The van der Waals surface area contributed by atoms with E-state index >= 15 is 0 Å². The molecule has 0 aliphatic carbocycles. The summed E-state index contributed by atoms with van der Waals surface area (Å²) in [6, 6.07) is 3.84. The molecule has 3 nitrogen and oxygen atoms in total. The van der Waals surface area contributed by atoms with Gasteiger partial charge in [0, 0.05) is 6.20 Å². The molecule has 0 aliphatic heterocycles. The molecule has 2 aromatic rings. The van der Waals surface area contributed by atoms with E-state index in [9.17, 15) is 4.39 Å². The highest BCUT2D eigenvalue weighted by atomic mass is 35.5. The van der Waals surface area contributed by atoms with E-state index < -0.39 is 5.82 Å². The van der Waals surface area contributed by atoms with Crippen molar-refractivity contribution in [1.29, 1.82) is 0 Å². The van der Waals surface area contributed by atoms with E-state index in [4.69, 9.17) is 27.9 Å². The molecule has 6 heteroatoms. The largest absolute Gasteiger partial charge is 0.436 e. The normalized spacial score (nSPS) is 10.3. The molecule has 0 spiro atoms. The fourth-order valence-electron chi connectivity index (χ4n) is 1.17. The summed E-state index contributed by atoms with van der Waals surface area (Å²) < 4.78 is 18.2. The number of benzene rings is 1. The van der Waals surface area contributed by atoms with Crippen LogP contribution in [0, 0.1) is 5.82 Å². The number of rotatable bonds is 3. The predicted octanol–water partition coefficient (Wildman–Crippen LogP) is 3.80. The van der Waals surface area contributed by atoms with E-state index in [1.54, 1.807) is 0 Å². The molecule has 88 valence electrons. The number of ether oxygens (including phenoxy) is 1. The summed E-state index contributed by atoms with van der Waals surface area (Å²) in [6.45, 7) is 0. The first-order valence-corrected chi connectivity index (χ1v) is 5.60. The minimum absolute atomic E-state index is 0.170. The second-order valence-corrected chi connectivity index (χ2v) is 3.83. The van der Waals surface area contributed by atoms with E-state index in [1.807, 2.05) is 0 Å². The van der Waals surface area contributed by atoms with Gasteiger partial charge in [-0.05, 0) is 18.2 Å². The van der Waals surface area contributed by atoms with Crippen LogP contribution in [0.15, 0.2) is 30.6 Å². The molecule has 0 unspecified atom stereocenters. The predicted molar refractivity (Wildman–Crippen MR) is 63.1 cm³/mol. The van der Waals surface area contributed by atoms with Crippen LogP contribution in [0.25, 0.3) is 0 Å². The topological polar surface area (TPSA) is 35.0 Å². The second-order valence-electron chi connectivity index (χ2n) is 3.16. The Labute approximate surface area is 107 Å². The fourth-order valence-corrected chi connectivity index (χ4v) is 1.51. The van der Waals surface area contributed by atoms with Crippen molar-refractivity contribution in [3.8, 4) is 11.6 Å². The Morgan fingerprint density at radius 1 is 1.29 bits per heavy atom. The van der Waals surface area contributed by atoms with Crippen molar-refractivity contribution in [1.82, 2.24) is 9.97 Å². The molecule has 1 aromatic heterocycles. The summed E-state index contributed by atoms with van der Waals surface area (Å²) in [6.07, 6.45) is 2.96. The van der Waals surface area contributed by atoms with Gasteiger partial charge in [0.2, 0.25) is 5.88 Å². The lowest BCUT2D eigenvalue weighted by Gasteiger charge is -2.06. The van der Waals surface area contributed by atoms with Gasteiger partial charge in [-0.25, -0.2) is 9.37 Å². The number of alkyl halides is 1. The SMILES string of the molecule is Fc1ccc(Oc2cncc(CCl)n2)c(Cl)c1. The van der Waals surface area contributed by atoms with E-state index in [-0.39, 0.29) is 16.8 Å². The van der Waals surface area contributed by atoms with Crippen LogP contribution in [-0.4, -0.2) is 9.97 Å². The van der Waals surface area contributed by atoms with Crippen LogP contribution in [-0.2, 0) is 5.88 Å². The van der Waals surface area contributed by atoms with Crippen molar-refractivity contribution >= 4 is 23.2 Å². The van der Waals surface area contributed by atoms with Gasteiger partial charge in [0.25, 0.3) is 0 Å². The highest BCUT2D eigenvalue weighted by molar-refractivity contribution is 6.32. The number of nitrogens with zero attached hydrogens (tertiary/aromatic N) is 2. The van der Waals surface area contributed by atoms with Gasteiger partial charge in [0.15, 0.2) is 0 Å². The van der Waals surface area contributed by atoms with Crippen molar-refractivity contribution in [3.63, 3.8) is 0 Å². The van der Waals surface area contributed by atoms with Crippen LogP contribution in [0.3, 0.4) is 0 Å². The van der Waals surface area contributed by atoms with Crippen LogP contribution in [0.5, 0.6) is 11.6 Å². The number of halogens is 3. The fraction of sp³-hybridized carbons (Fsp3) is 0.0909. The van der Waals surface area contributed by atoms with Crippen LogP contribution in [0.1, 0.15) is 5.69 Å². The Hall–Kier alpha value is -1.39. The molecule has 0 bridgehead atoms. The molecule has 1 heterocycles. The lowest BCUT2D eigenvalue weighted by atomic mass is 10.3. The van der Waals surface area contributed by atoms with Crippen LogP contribution in [0.2, 0.25) is 5.02 Å². The van der Waals surface area contributed by atoms with E-state index in [0.717, 1.165) is 6.07 Å². The van der Waals surface area contributed by atoms with Gasteiger partial charge in [-0.15, -0.1) is 11.6 Å². The highest BCUT2D eigenvalue weighted by Crippen LogP contribution is 2.28. The van der Waals surface area contributed by atoms with Crippen LogP contribution in [0.4, 0.5) is 4.39 Å². The van der Waals surface area contributed by atoms with Crippen LogP contribution >= 0.6 is 23.2 Å². The van der Waals surface area contributed by atoms with Gasteiger partial charge in [0.1, 0.15) is 11.6 Å². The Bertz CT molecular complexity index is 537. The average molecular weight is 273 g/mol. The second kappa shape index (κ2) is 5.29. The number of hydrogen-bond acceptors (Lipinski definition) is 3. The summed E-state index contributed by atoms with van der Waals surface area (Å²) in [5, 5.41) is 0.170. The summed E-state index contributed by atoms with van der Waals surface area (Å²) in [5.74, 6) is 0.384. The zero-order valence-corrected chi connectivity index (χ0v) is 10.0. The van der Waals surface area contributed by atoms with E-state index in [2.05, 4.69) is 9.97 Å². The van der Waals surface area contributed by atoms with Crippen LogP contribution < -0.4 is 4.74 Å². The van der Waals surface area contributed by atoms with Gasteiger partial charge < -0.3 is 4.74 Å². The molecule has 0 radical (unpaired) electrons. The lowest BCUT2D eigenvalue weighted by molar-refractivity contribution is 0.457. The Kier molecular flexibility index (Phi) is 3.76. The molecule has 0 fully saturated rings. The maximum absolute atomic E-state index is 12.8. The third-order valence-corrected chi connectivity index (χ3v) is 2.48. The Morgan fingerprint density at radius 3 is 2.82 bits per heavy atom. The summed E-state index contributed by atoms with van der Waals surface area (Å²) in [5.41, 5.74) is 0.586. The summed E-state index contributed by atoms with van der Waals surface area (Å²) in [4.78, 5) is 7.99. The molecule has 0 N–H and O–H groups in total. The summed E-state index contributed by atoms with van der Waals surface area (Å²) >= 11 is 11.4. The number of aromatic nitrogens is 2. The van der Waals surface area contributed by atoms with E-state index in [1.165, 1.54) is 24.5 Å². The lowest BCUT2D eigenvalue weighted by Crippen LogP contribution is -1.93. The van der Waals surface area contributed by atoms with E-state index in [0.29, 0.717) is 11.4 Å². The van der Waals surface area contributed by atoms with Gasteiger partial charge in [-0.3, -0.25) is 4.98 Å². The van der Waals surface area contributed by atoms with Gasteiger partial charge >= 0.3 is 0 Å². The van der Waals surface area contributed by atoms with Crippen molar-refractivity contribution in [3.05, 3.63) is 47.1 Å². The molecule has 0 aliphatic rings. The molecule has 0 amide bonds. The molecule has 0 atom stereocenters. The Balaban J connectivity index is 2.25. The quantitative estimate of drug-likeness (QED) is 0.798. The van der Waals surface area contributed by atoms with Gasteiger partial charge in [-0.2, -0.15) is 0 Å². The monoisotopic (exact) mass is 272 g/mol.